The molecule has 0 fully saturated rings. The van der Waals surface area contributed by atoms with Gasteiger partial charge in [-0.3, -0.25) is 0 Å². The summed E-state index contributed by atoms with van der Waals surface area (Å²) in [6.45, 7) is 4.18. The van der Waals surface area contributed by atoms with E-state index in [2.05, 4.69) is 31.1 Å². The van der Waals surface area contributed by atoms with Crippen molar-refractivity contribution in [3.05, 3.63) is 51.8 Å². The average Bonchev–Trinajstić information content (AvgIpc) is 2.84. The van der Waals surface area contributed by atoms with Gasteiger partial charge in [0.05, 0.1) is 31.5 Å². The number of para-hydroxylation sites is 1. The molecule has 0 atom stereocenters. The smallest absolute Gasteiger partial charge is 0.201 e. The fraction of sp³-hybridized carbons (Fsp3) is 0.263. The molecule has 0 aliphatic rings. The van der Waals surface area contributed by atoms with Crippen LogP contribution in [0.1, 0.15) is 16.7 Å². The molecular weight excluding hydrogens is 334 g/mol. The van der Waals surface area contributed by atoms with E-state index < -0.39 is 0 Å². The van der Waals surface area contributed by atoms with Crippen molar-refractivity contribution in [2.75, 3.05) is 14.2 Å². The maximum atomic E-state index is 5.56. The molecule has 0 aliphatic heterocycles. The van der Waals surface area contributed by atoms with Gasteiger partial charge < -0.3 is 14.0 Å². The largest absolute Gasteiger partial charge is 0.493 e. The van der Waals surface area contributed by atoms with E-state index in [-0.39, 0.29) is 0 Å². The Kier molecular flexibility index (Phi) is 4.63. The summed E-state index contributed by atoms with van der Waals surface area (Å²) in [5, 5.41) is 4.61. The Labute approximate surface area is 152 Å². The number of aryl methyl sites for hydroxylation is 3. The van der Waals surface area contributed by atoms with Gasteiger partial charge in [0, 0.05) is 12.6 Å². The summed E-state index contributed by atoms with van der Waals surface area (Å²) in [7, 11) is 5.19. The predicted molar refractivity (Wildman–Crippen MR) is 104 cm³/mol. The summed E-state index contributed by atoms with van der Waals surface area (Å²) in [5.41, 5.74) is 5.30. The van der Waals surface area contributed by atoms with E-state index in [0.29, 0.717) is 16.3 Å². The van der Waals surface area contributed by atoms with Crippen LogP contribution < -0.4 is 9.47 Å². The van der Waals surface area contributed by atoms with Crippen LogP contribution in [0.15, 0.2) is 35.4 Å². The fourth-order valence-electron chi connectivity index (χ4n) is 2.82. The number of nitrogens with zero attached hydrogens (tertiary/aromatic N) is 3. The zero-order valence-corrected chi connectivity index (χ0v) is 15.8. The highest BCUT2D eigenvalue weighted by Crippen LogP contribution is 2.29. The molecule has 2 aromatic carbocycles. The number of fused-ring (bicyclic) bond motifs is 1. The van der Waals surface area contributed by atoms with Gasteiger partial charge in [-0.15, -0.1) is 0 Å². The summed E-state index contributed by atoms with van der Waals surface area (Å²) >= 11 is 5.56. The Hall–Kier alpha value is -2.60. The first-order chi connectivity index (χ1) is 12.0. The highest BCUT2D eigenvalue weighted by Gasteiger charge is 2.11. The van der Waals surface area contributed by atoms with Gasteiger partial charge in [0.25, 0.3) is 0 Å². The van der Waals surface area contributed by atoms with Crippen molar-refractivity contribution in [3.8, 4) is 11.5 Å². The van der Waals surface area contributed by atoms with Crippen LogP contribution in [-0.2, 0) is 7.05 Å². The maximum absolute atomic E-state index is 5.56. The summed E-state index contributed by atoms with van der Waals surface area (Å²) in [6.07, 6.45) is 1.74. The number of benzene rings is 2. The van der Waals surface area contributed by atoms with Gasteiger partial charge in [-0.2, -0.15) is 5.10 Å². The SMILES string of the molecule is COc1cccc(/C=N\n2c(=S)n(C)c3cc(C)c(C)cc32)c1OC. The molecule has 0 spiro atoms. The minimum atomic E-state index is 0.637. The van der Waals surface area contributed by atoms with Crippen LogP contribution in [0.2, 0.25) is 0 Å². The van der Waals surface area contributed by atoms with E-state index in [1.54, 1.807) is 25.1 Å². The van der Waals surface area contributed by atoms with Crippen molar-refractivity contribution in [1.82, 2.24) is 9.24 Å². The van der Waals surface area contributed by atoms with Crippen molar-refractivity contribution in [1.29, 1.82) is 0 Å². The molecule has 0 amide bonds. The molecule has 25 heavy (non-hydrogen) atoms. The van der Waals surface area contributed by atoms with Gasteiger partial charge in [-0.25, -0.2) is 4.68 Å². The molecule has 5 nitrogen and oxygen atoms in total. The lowest BCUT2D eigenvalue weighted by atomic mass is 10.1. The van der Waals surface area contributed by atoms with Crippen molar-refractivity contribution >= 4 is 29.5 Å². The monoisotopic (exact) mass is 355 g/mol. The van der Waals surface area contributed by atoms with Gasteiger partial charge in [-0.05, 0) is 61.5 Å². The molecule has 0 unspecified atom stereocenters. The predicted octanol–water partition coefficient (Wildman–Crippen LogP) is 4.23. The molecule has 0 saturated carbocycles. The molecule has 0 aliphatic carbocycles. The van der Waals surface area contributed by atoms with E-state index in [1.807, 2.05) is 29.8 Å². The second-order valence-electron chi connectivity index (χ2n) is 5.91. The third-order valence-electron chi connectivity index (χ3n) is 4.39. The van der Waals surface area contributed by atoms with Crippen LogP contribution in [0, 0.1) is 18.6 Å². The Morgan fingerprint density at radius 2 is 1.72 bits per heavy atom. The number of hydrogen-bond donors (Lipinski definition) is 0. The molecular formula is C19H21N3O2S. The van der Waals surface area contributed by atoms with E-state index in [4.69, 9.17) is 21.7 Å². The number of aromatic nitrogens is 2. The standard InChI is InChI=1S/C19H21N3O2S/c1-12-9-15-16(10-13(12)2)22(19(25)21(15)3)20-11-14-7-6-8-17(23-4)18(14)24-5/h6-11H,1-5H3/b20-11-. The Morgan fingerprint density at radius 1 is 1.04 bits per heavy atom. The summed E-state index contributed by atoms with van der Waals surface area (Å²) < 4.78 is 15.2. The zero-order valence-electron chi connectivity index (χ0n) is 15.0. The maximum Gasteiger partial charge on any atom is 0.201 e. The van der Waals surface area contributed by atoms with Crippen molar-refractivity contribution in [3.63, 3.8) is 0 Å². The van der Waals surface area contributed by atoms with Gasteiger partial charge in [0.1, 0.15) is 0 Å². The lowest BCUT2D eigenvalue weighted by Gasteiger charge is -2.09. The van der Waals surface area contributed by atoms with Crippen LogP contribution >= 0.6 is 12.2 Å². The minimum Gasteiger partial charge on any atom is -0.493 e. The molecule has 1 heterocycles. The number of methoxy groups -OCH3 is 2. The zero-order chi connectivity index (χ0) is 18.1. The second-order valence-corrected chi connectivity index (χ2v) is 6.27. The number of imidazole rings is 1. The lowest BCUT2D eigenvalue weighted by molar-refractivity contribution is 0.354. The van der Waals surface area contributed by atoms with Gasteiger partial charge in [-0.1, -0.05) is 6.07 Å². The van der Waals surface area contributed by atoms with Gasteiger partial charge >= 0.3 is 0 Å². The normalized spacial score (nSPS) is 11.4. The molecule has 0 N–H and O–H groups in total. The molecule has 3 rings (SSSR count). The topological polar surface area (TPSA) is 40.7 Å². The van der Waals surface area contributed by atoms with Gasteiger partial charge in [0.2, 0.25) is 4.77 Å². The third kappa shape index (κ3) is 2.93. The number of rotatable bonds is 4. The summed E-state index contributed by atoms with van der Waals surface area (Å²) in [6, 6.07) is 9.93. The molecule has 0 radical (unpaired) electrons. The summed E-state index contributed by atoms with van der Waals surface area (Å²) in [4.78, 5) is 0. The van der Waals surface area contributed by atoms with Crippen LogP contribution in [0.4, 0.5) is 0 Å². The number of hydrogen-bond acceptors (Lipinski definition) is 4. The molecule has 0 saturated heterocycles. The first-order valence-electron chi connectivity index (χ1n) is 7.92. The highest BCUT2D eigenvalue weighted by atomic mass is 32.1. The highest BCUT2D eigenvalue weighted by molar-refractivity contribution is 7.71. The van der Waals surface area contributed by atoms with E-state index in [1.165, 1.54) is 11.1 Å². The molecule has 130 valence electrons. The summed E-state index contributed by atoms with van der Waals surface area (Å²) in [5.74, 6) is 1.31. The third-order valence-corrected chi connectivity index (χ3v) is 4.84. The molecule has 0 bridgehead atoms. The average molecular weight is 355 g/mol. The van der Waals surface area contributed by atoms with Crippen LogP contribution in [0.25, 0.3) is 11.0 Å². The molecule has 3 aromatic rings. The van der Waals surface area contributed by atoms with Crippen LogP contribution in [0.3, 0.4) is 0 Å². The van der Waals surface area contributed by atoms with Crippen molar-refractivity contribution in [2.24, 2.45) is 12.1 Å². The number of ether oxygens (including phenoxy) is 2. The van der Waals surface area contributed by atoms with E-state index in [0.717, 1.165) is 16.6 Å². The fourth-order valence-corrected chi connectivity index (χ4v) is 3.06. The Morgan fingerprint density at radius 3 is 2.36 bits per heavy atom. The second kappa shape index (κ2) is 6.72. The Bertz CT molecular complexity index is 1030. The first kappa shape index (κ1) is 17.2. The lowest BCUT2D eigenvalue weighted by Crippen LogP contribution is -1.97. The van der Waals surface area contributed by atoms with E-state index in [9.17, 15) is 0 Å². The van der Waals surface area contributed by atoms with Crippen LogP contribution in [-0.4, -0.2) is 29.7 Å². The van der Waals surface area contributed by atoms with Crippen LogP contribution in [0.5, 0.6) is 11.5 Å². The van der Waals surface area contributed by atoms with E-state index >= 15 is 0 Å². The quantitative estimate of drug-likeness (QED) is 0.519. The van der Waals surface area contributed by atoms with Gasteiger partial charge in [0.15, 0.2) is 11.5 Å². The van der Waals surface area contributed by atoms with Crippen molar-refractivity contribution in [2.45, 2.75) is 13.8 Å². The minimum absolute atomic E-state index is 0.637. The first-order valence-corrected chi connectivity index (χ1v) is 8.32. The molecule has 6 heteroatoms. The Balaban J connectivity index is 2.16. The van der Waals surface area contributed by atoms with Crippen molar-refractivity contribution < 1.29 is 9.47 Å². The molecule has 1 aromatic heterocycles.